The van der Waals surface area contributed by atoms with E-state index >= 15 is 0 Å². The molecule has 98 valence electrons. The van der Waals surface area contributed by atoms with Gasteiger partial charge < -0.3 is 10.6 Å². The van der Waals surface area contributed by atoms with Gasteiger partial charge in [-0.25, -0.2) is 4.98 Å². The molecule has 1 aromatic heterocycles. The smallest absolute Gasteiger partial charge is 0.251 e. The molecule has 5 heteroatoms. The molecule has 4 nitrogen and oxygen atoms in total. The van der Waals surface area contributed by atoms with Gasteiger partial charge in [-0.3, -0.25) is 4.79 Å². The van der Waals surface area contributed by atoms with Crippen LogP contribution in [0.5, 0.6) is 0 Å². The number of nitrogens with one attached hydrogen (secondary N) is 2. The van der Waals surface area contributed by atoms with Crippen molar-refractivity contribution in [2.24, 2.45) is 0 Å². The second-order valence-electron chi connectivity index (χ2n) is 3.97. The highest BCUT2D eigenvalue weighted by atomic mass is 79.9. The first-order valence-corrected chi connectivity index (χ1v) is 6.65. The largest absolute Gasteiger partial charge is 0.379 e. The Bertz CT molecular complexity index is 569. The molecule has 0 aliphatic rings. The molecule has 0 aliphatic carbocycles. The lowest BCUT2D eigenvalue weighted by molar-refractivity contribution is 0.0963. The summed E-state index contributed by atoms with van der Waals surface area (Å²) in [6.07, 6.45) is 1.73. The fourth-order valence-corrected chi connectivity index (χ4v) is 2.02. The van der Waals surface area contributed by atoms with E-state index in [9.17, 15) is 4.79 Å². The first kappa shape index (κ1) is 13.5. The van der Waals surface area contributed by atoms with Gasteiger partial charge in [-0.15, -0.1) is 0 Å². The Kier molecular flexibility index (Phi) is 4.52. The van der Waals surface area contributed by atoms with Gasteiger partial charge in [-0.1, -0.05) is 12.1 Å². The second-order valence-corrected chi connectivity index (χ2v) is 4.72. The standard InChI is InChI=1S/C14H14BrN3O/c1-16-14(19)11-6-4-10(5-7-11)9-18-12-3-2-8-17-13(12)15/h2-8,18H,9H2,1H3,(H,16,19). The van der Waals surface area contributed by atoms with Gasteiger partial charge in [0.2, 0.25) is 0 Å². The fraction of sp³-hybridized carbons (Fsp3) is 0.143. The van der Waals surface area contributed by atoms with Crippen molar-refractivity contribution in [3.63, 3.8) is 0 Å². The van der Waals surface area contributed by atoms with Gasteiger partial charge in [-0.2, -0.15) is 0 Å². The monoisotopic (exact) mass is 319 g/mol. The van der Waals surface area contributed by atoms with Crippen LogP contribution in [0.3, 0.4) is 0 Å². The molecule has 0 aliphatic heterocycles. The molecule has 2 rings (SSSR count). The second kappa shape index (κ2) is 6.33. The summed E-state index contributed by atoms with van der Waals surface area (Å²) >= 11 is 3.38. The van der Waals surface area contributed by atoms with Gasteiger partial charge in [0.15, 0.2) is 0 Å². The predicted molar refractivity (Wildman–Crippen MR) is 79.1 cm³/mol. The molecule has 2 aromatic rings. The number of benzene rings is 1. The number of hydrogen-bond donors (Lipinski definition) is 2. The van der Waals surface area contributed by atoms with Crippen molar-refractivity contribution in [1.29, 1.82) is 0 Å². The molecule has 0 spiro atoms. The Labute approximate surface area is 120 Å². The summed E-state index contributed by atoms with van der Waals surface area (Å²) in [7, 11) is 1.62. The Morgan fingerprint density at radius 1 is 1.26 bits per heavy atom. The van der Waals surface area contributed by atoms with Crippen molar-refractivity contribution < 1.29 is 4.79 Å². The number of nitrogens with zero attached hydrogens (tertiary/aromatic N) is 1. The maximum atomic E-state index is 11.4. The molecule has 2 N–H and O–H groups in total. The van der Waals surface area contributed by atoms with Crippen LogP contribution in [0.1, 0.15) is 15.9 Å². The van der Waals surface area contributed by atoms with E-state index in [0.29, 0.717) is 12.1 Å². The van der Waals surface area contributed by atoms with Gasteiger partial charge >= 0.3 is 0 Å². The fourth-order valence-electron chi connectivity index (χ4n) is 1.63. The van der Waals surface area contributed by atoms with E-state index in [-0.39, 0.29) is 5.91 Å². The number of aromatic nitrogens is 1. The molecule has 0 radical (unpaired) electrons. The lowest BCUT2D eigenvalue weighted by atomic mass is 10.1. The lowest BCUT2D eigenvalue weighted by Crippen LogP contribution is -2.17. The zero-order valence-electron chi connectivity index (χ0n) is 10.5. The number of anilines is 1. The molecule has 1 amide bonds. The lowest BCUT2D eigenvalue weighted by Gasteiger charge is -2.08. The van der Waals surface area contributed by atoms with Gasteiger partial charge in [-0.05, 0) is 45.8 Å². The van der Waals surface area contributed by atoms with Crippen molar-refractivity contribution in [3.05, 3.63) is 58.3 Å². The minimum absolute atomic E-state index is 0.0745. The first-order chi connectivity index (χ1) is 9.20. The van der Waals surface area contributed by atoms with Gasteiger partial charge in [0.25, 0.3) is 5.91 Å². The van der Waals surface area contributed by atoms with E-state index in [1.807, 2.05) is 36.4 Å². The van der Waals surface area contributed by atoms with E-state index in [1.165, 1.54) is 0 Å². The number of carbonyl (C=O) groups excluding carboxylic acids is 1. The topological polar surface area (TPSA) is 54.0 Å². The van der Waals surface area contributed by atoms with E-state index in [0.717, 1.165) is 15.9 Å². The zero-order chi connectivity index (χ0) is 13.7. The molecule has 0 fully saturated rings. The molecule has 0 atom stereocenters. The van der Waals surface area contributed by atoms with Crippen LogP contribution in [0.4, 0.5) is 5.69 Å². The maximum Gasteiger partial charge on any atom is 0.251 e. The molecule has 1 aromatic carbocycles. The predicted octanol–water partition coefficient (Wildman–Crippen LogP) is 2.82. The highest BCUT2D eigenvalue weighted by Crippen LogP contribution is 2.19. The average Bonchev–Trinajstić information content (AvgIpc) is 2.46. The summed E-state index contributed by atoms with van der Waals surface area (Å²) in [6, 6.07) is 11.3. The van der Waals surface area contributed by atoms with Crippen molar-refractivity contribution in [2.75, 3.05) is 12.4 Å². The molecule has 0 saturated heterocycles. The van der Waals surface area contributed by atoms with Crippen LogP contribution in [0, 0.1) is 0 Å². The van der Waals surface area contributed by atoms with Gasteiger partial charge in [0.05, 0.1) is 5.69 Å². The number of pyridine rings is 1. The highest BCUT2D eigenvalue weighted by Gasteiger charge is 2.03. The average molecular weight is 320 g/mol. The molecule has 1 heterocycles. The molecule has 0 unspecified atom stereocenters. The van der Waals surface area contributed by atoms with Gasteiger partial charge in [0.1, 0.15) is 4.60 Å². The Morgan fingerprint density at radius 3 is 2.63 bits per heavy atom. The summed E-state index contributed by atoms with van der Waals surface area (Å²) in [5, 5.41) is 5.88. The number of rotatable bonds is 4. The molecule has 0 bridgehead atoms. The minimum atomic E-state index is -0.0745. The van der Waals surface area contributed by atoms with Crippen LogP contribution in [0.25, 0.3) is 0 Å². The third-order valence-corrected chi connectivity index (χ3v) is 3.32. The summed E-state index contributed by atoms with van der Waals surface area (Å²) < 4.78 is 0.789. The van der Waals surface area contributed by atoms with Crippen molar-refractivity contribution in [1.82, 2.24) is 10.3 Å². The van der Waals surface area contributed by atoms with E-state index < -0.39 is 0 Å². The summed E-state index contributed by atoms with van der Waals surface area (Å²) in [6.45, 7) is 0.679. The SMILES string of the molecule is CNC(=O)c1ccc(CNc2cccnc2Br)cc1. The van der Waals surface area contributed by atoms with Crippen LogP contribution in [-0.4, -0.2) is 17.9 Å². The van der Waals surface area contributed by atoms with Crippen LogP contribution in [0.2, 0.25) is 0 Å². The zero-order valence-corrected chi connectivity index (χ0v) is 12.1. The third kappa shape index (κ3) is 3.54. The summed E-state index contributed by atoms with van der Waals surface area (Å²) in [5.41, 5.74) is 2.70. The van der Waals surface area contributed by atoms with Crippen LogP contribution in [0.15, 0.2) is 47.2 Å². The van der Waals surface area contributed by atoms with Crippen LogP contribution < -0.4 is 10.6 Å². The summed E-state index contributed by atoms with van der Waals surface area (Å²) in [4.78, 5) is 15.5. The van der Waals surface area contributed by atoms with E-state index in [2.05, 4.69) is 31.5 Å². The number of carbonyl (C=O) groups is 1. The molecular formula is C14H14BrN3O. The van der Waals surface area contributed by atoms with Crippen molar-refractivity contribution in [2.45, 2.75) is 6.54 Å². The van der Waals surface area contributed by atoms with Crippen LogP contribution in [-0.2, 0) is 6.54 Å². The van der Waals surface area contributed by atoms with Crippen molar-refractivity contribution >= 4 is 27.5 Å². The Hall–Kier alpha value is -1.88. The first-order valence-electron chi connectivity index (χ1n) is 5.86. The maximum absolute atomic E-state index is 11.4. The molecule has 19 heavy (non-hydrogen) atoms. The molecular weight excluding hydrogens is 306 g/mol. The highest BCUT2D eigenvalue weighted by molar-refractivity contribution is 9.10. The molecule has 0 saturated carbocycles. The summed E-state index contributed by atoms with van der Waals surface area (Å²) in [5.74, 6) is -0.0745. The third-order valence-electron chi connectivity index (χ3n) is 2.69. The Balaban J connectivity index is 2.01. The van der Waals surface area contributed by atoms with Crippen molar-refractivity contribution in [3.8, 4) is 0 Å². The minimum Gasteiger partial charge on any atom is -0.379 e. The van der Waals surface area contributed by atoms with E-state index in [1.54, 1.807) is 13.2 Å². The quantitative estimate of drug-likeness (QED) is 0.852. The number of hydrogen-bond acceptors (Lipinski definition) is 3. The van der Waals surface area contributed by atoms with Crippen LogP contribution >= 0.6 is 15.9 Å². The van der Waals surface area contributed by atoms with E-state index in [4.69, 9.17) is 0 Å². The van der Waals surface area contributed by atoms with Gasteiger partial charge in [0, 0.05) is 25.4 Å². The number of amides is 1. The Morgan fingerprint density at radius 2 is 2.00 bits per heavy atom. The number of halogens is 1. The normalized spacial score (nSPS) is 10.0.